The number of hydrogen-bond donors (Lipinski definition) is 3. The second kappa shape index (κ2) is 10.1. The Morgan fingerprint density at radius 1 is 1.28 bits per heavy atom. The third-order valence-corrected chi connectivity index (χ3v) is 7.26. The first-order valence-electron chi connectivity index (χ1n) is 12.1. The molecular weight excluding hydrogens is 406 g/mol. The zero-order valence-electron chi connectivity index (χ0n) is 19.3. The van der Waals surface area contributed by atoms with E-state index in [1.807, 2.05) is 0 Å². The van der Waals surface area contributed by atoms with Gasteiger partial charge < -0.3 is 21.1 Å². The van der Waals surface area contributed by atoms with Crippen molar-refractivity contribution in [3.05, 3.63) is 17.8 Å². The summed E-state index contributed by atoms with van der Waals surface area (Å²) in [6, 6.07) is 0.247. The van der Waals surface area contributed by atoms with E-state index in [1.165, 1.54) is 25.7 Å². The molecule has 8 heteroatoms. The van der Waals surface area contributed by atoms with Crippen LogP contribution in [0.4, 0.5) is 0 Å². The van der Waals surface area contributed by atoms with Crippen molar-refractivity contribution < 1.29 is 14.3 Å². The van der Waals surface area contributed by atoms with Gasteiger partial charge in [0.1, 0.15) is 5.56 Å². The van der Waals surface area contributed by atoms with Gasteiger partial charge in [0.15, 0.2) is 0 Å². The lowest BCUT2D eigenvalue weighted by Gasteiger charge is -2.45. The van der Waals surface area contributed by atoms with E-state index in [1.54, 1.807) is 23.2 Å². The minimum Gasteiger partial charge on any atom is -0.477 e. The number of aromatic nitrogens is 2. The molecule has 2 bridgehead atoms. The summed E-state index contributed by atoms with van der Waals surface area (Å²) in [5, 5.41) is 10.4. The van der Waals surface area contributed by atoms with E-state index in [0.29, 0.717) is 43.0 Å². The van der Waals surface area contributed by atoms with Gasteiger partial charge in [0.05, 0.1) is 12.8 Å². The Morgan fingerprint density at radius 2 is 2.12 bits per heavy atom. The molecule has 5 atom stereocenters. The largest absolute Gasteiger partial charge is 0.477 e. The molecule has 4 rings (SSSR count). The van der Waals surface area contributed by atoms with Gasteiger partial charge in [0.2, 0.25) is 11.8 Å². The standard InChI is InChI=1S/C24H37N5O3/c1-15(2)14-32-24-20(13-27-29(24)9-3-4-22(30)26-8-7-25)23(31)28-21-6-5-16-10-17-12-19(21)18(17)11-16/h3,9,13,15-19,21H,4-8,10-12,14,25H2,1-2H3,(H,26,30)(H,28,31)/b9-3+. The first kappa shape index (κ1) is 22.8. The van der Waals surface area contributed by atoms with Gasteiger partial charge in [-0.2, -0.15) is 5.10 Å². The van der Waals surface area contributed by atoms with Crippen LogP contribution in [0.2, 0.25) is 0 Å². The molecule has 1 heterocycles. The van der Waals surface area contributed by atoms with Crippen LogP contribution in [0.5, 0.6) is 5.88 Å². The van der Waals surface area contributed by atoms with Crippen LogP contribution < -0.4 is 21.1 Å². The number of amides is 2. The van der Waals surface area contributed by atoms with E-state index < -0.39 is 0 Å². The second-order valence-electron chi connectivity index (χ2n) is 10.1. The number of hydrogen-bond acceptors (Lipinski definition) is 5. The Morgan fingerprint density at radius 3 is 2.91 bits per heavy atom. The monoisotopic (exact) mass is 443 g/mol. The number of ether oxygens (including phenoxy) is 1. The number of nitrogens with two attached hydrogens (primary N) is 1. The highest BCUT2D eigenvalue weighted by molar-refractivity contribution is 5.96. The molecule has 1 aromatic heterocycles. The number of rotatable bonds is 10. The van der Waals surface area contributed by atoms with Crippen LogP contribution in [0, 0.1) is 29.6 Å². The van der Waals surface area contributed by atoms with Crippen molar-refractivity contribution in [3.63, 3.8) is 0 Å². The molecule has 0 spiro atoms. The minimum absolute atomic E-state index is 0.108. The van der Waals surface area contributed by atoms with Gasteiger partial charge in [-0.3, -0.25) is 9.59 Å². The van der Waals surface area contributed by atoms with E-state index >= 15 is 0 Å². The summed E-state index contributed by atoms with van der Waals surface area (Å²) >= 11 is 0. The van der Waals surface area contributed by atoms with Gasteiger partial charge in [-0.1, -0.05) is 19.9 Å². The molecule has 1 aromatic rings. The van der Waals surface area contributed by atoms with Crippen LogP contribution in [-0.2, 0) is 4.79 Å². The maximum Gasteiger partial charge on any atom is 0.258 e. The van der Waals surface area contributed by atoms with Gasteiger partial charge in [-0.05, 0) is 61.7 Å². The first-order valence-corrected chi connectivity index (χ1v) is 12.1. The number of nitrogens with zero attached hydrogens (tertiary/aromatic N) is 2. The minimum atomic E-state index is -0.115. The maximum atomic E-state index is 13.2. The van der Waals surface area contributed by atoms with Gasteiger partial charge in [0.25, 0.3) is 5.91 Å². The molecule has 3 aliphatic rings. The summed E-state index contributed by atoms with van der Waals surface area (Å²) in [6.07, 6.45) is 11.5. The van der Waals surface area contributed by atoms with E-state index in [0.717, 1.165) is 24.2 Å². The third kappa shape index (κ3) is 5.00. The van der Waals surface area contributed by atoms with Gasteiger partial charge in [-0.25, -0.2) is 4.68 Å². The second-order valence-corrected chi connectivity index (χ2v) is 10.1. The van der Waals surface area contributed by atoms with Crippen molar-refractivity contribution in [2.75, 3.05) is 19.7 Å². The molecule has 5 unspecified atom stereocenters. The molecule has 32 heavy (non-hydrogen) atoms. The number of nitrogens with one attached hydrogen (secondary N) is 2. The fourth-order valence-corrected chi connectivity index (χ4v) is 5.70. The summed E-state index contributed by atoms with van der Waals surface area (Å²) in [5.74, 6) is 3.69. The Balaban J connectivity index is 1.43. The Labute approximate surface area is 190 Å². The average molecular weight is 444 g/mol. The fraction of sp³-hybridized carbons (Fsp3) is 0.708. The lowest BCUT2D eigenvalue weighted by atomic mass is 9.63. The summed E-state index contributed by atoms with van der Waals surface area (Å²) in [5.41, 5.74) is 5.86. The average Bonchev–Trinajstić information content (AvgIpc) is 3.24. The molecule has 0 saturated heterocycles. The zero-order valence-corrected chi connectivity index (χ0v) is 19.3. The fourth-order valence-electron chi connectivity index (χ4n) is 5.70. The van der Waals surface area contributed by atoms with Gasteiger partial charge in [-0.15, -0.1) is 0 Å². The smallest absolute Gasteiger partial charge is 0.258 e. The highest BCUT2D eigenvalue weighted by atomic mass is 16.5. The normalized spacial score (nSPS) is 28.4. The summed E-state index contributed by atoms with van der Waals surface area (Å²) in [6.45, 7) is 5.46. The number of carbonyl (C=O) groups excluding carboxylic acids is 2. The Bertz CT molecular complexity index is 849. The van der Waals surface area contributed by atoms with Crippen molar-refractivity contribution >= 4 is 18.0 Å². The molecule has 3 fully saturated rings. The van der Waals surface area contributed by atoms with E-state index in [9.17, 15) is 9.59 Å². The highest BCUT2D eigenvalue weighted by Crippen LogP contribution is 2.58. The SMILES string of the molecule is CC(C)COc1c(C(=O)NC2CCC3CC4CC2C4C3)cnn1/C=C/CC(=O)NCCN. The number of carbonyl (C=O) groups is 2. The van der Waals surface area contributed by atoms with Crippen LogP contribution in [0.15, 0.2) is 12.3 Å². The van der Waals surface area contributed by atoms with Crippen molar-refractivity contribution in [1.82, 2.24) is 20.4 Å². The predicted molar refractivity (Wildman–Crippen MR) is 123 cm³/mol. The first-order chi connectivity index (χ1) is 15.5. The molecule has 0 radical (unpaired) electrons. The Kier molecular flexibility index (Phi) is 7.18. The van der Waals surface area contributed by atoms with Crippen LogP contribution in [0.1, 0.15) is 62.7 Å². The van der Waals surface area contributed by atoms with Crippen molar-refractivity contribution in [2.24, 2.45) is 35.3 Å². The predicted octanol–water partition coefficient (Wildman–Crippen LogP) is 2.41. The van der Waals surface area contributed by atoms with E-state index in [2.05, 4.69) is 29.6 Å². The molecular formula is C24H37N5O3. The highest BCUT2D eigenvalue weighted by Gasteiger charge is 2.52. The Hall–Kier alpha value is -2.35. The maximum absolute atomic E-state index is 13.2. The lowest BCUT2D eigenvalue weighted by molar-refractivity contribution is -0.120. The zero-order chi connectivity index (χ0) is 22.7. The summed E-state index contributed by atoms with van der Waals surface area (Å²) in [4.78, 5) is 25.0. The van der Waals surface area contributed by atoms with Gasteiger partial charge >= 0.3 is 0 Å². The molecule has 176 valence electrons. The van der Waals surface area contributed by atoms with Crippen molar-refractivity contribution in [3.8, 4) is 5.88 Å². The molecule has 0 aromatic carbocycles. The van der Waals surface area contributed by atoms with E-state index in [4.69, 9.17) is 10.5 Å². The van der Waals surface area contributed by atoms with Crippen LogP contribution >= 0.6 is 0 Å². The molecule has 4 N–H and O–H groups in total. The van der Waals surface area contributed by atoms with Crippen molar-refractivity contribution in [1.29, 1.82) is 0 Å². The van der Waals surface area contributed by atoms with E-state index in [-0.39, 0.29) is 24.3 Å². The molecule has 3 saturated carbocycles. The summed E-state index contributed by atoms with van der Waals surface area (Å²) in [7, 11) is 0. The lowest BCUT2D eigenvalue weighted by Crippen LogP contribution is -2.49. The summed E-state index contributed by atoms with van der Waals surface area (Å²) < 4.78 is 7.53. The van der Waals surface area contributed by atoms with Crippen molar-refractivity contribution in [2.45, 2.75) is 58.4 Å². The molecule has 0 aliphatic heterocycles. The topological polar surface area (TPSA) is 111 Å². The van der Waals surface area contributed by atoms with Crippen LogP contribution in [0.25, 0.3) is 6.20 Å². The molecule has 2 amide bonds. The molecule has 3 aliphatic carbocycles. The van der Waals surface area contributed by atoms with Crippen LogP contribution in [0.3, 0.4) is 0 Å². The molecule has 8 nitrogen and oxygen atoms in total. The third-order valence-electron chi connectivity index (χ3n) is 7.26. The van der Waals surface area contributed by atoms with Crippen LogP contribution in [-0.4, -0.2) is 47.3 Å². The van der Waals surface area contributed by atoms with Gasteiger partial charge in [0, 0.05) is 31.8 Å². The number of fused-ring (bicyclic) bond motifs is 1. The quantitative estimate of drug-likeness (QED) is 0.514.